The first-order valence-electron chi connectivity index (χ1n) is 11.8. The summed E-state index contributed by atoms with van der Waals surface area (Å²) in [6.45, 7) is 13.8. The molecule has 0 fully saturated rings. The van der Waals surface area contributed by atoms with E-state index in [0.29, 0.717) is 28.5 Å². The monoisotopic (exact) mass is 487 g/mol. The van der Waals surface area contributed by atoms with Gasteiger partial charge in [0.05, 0.1) is 12.2 Å². The maximum atomic E-state index is 13.2. The van der Waals surface area contributed by atoms with Crippen molar-refractivity contribution in [1.82, 2.24) is 24.3 Å². The Bertz CT molecular complexity index is 1450. The highest BCUT2D eigenvalue weighted by Gasteiger charge is 2.22. The van der Waals surface area contributed by atoms with Crippen molar-refractivity contribution in [2.24, 2.45) is 0 Å². The lowest BCUT2D eigenvalue weighted by atomic mass is 10.1. The third-order valence-electron chi connectivity index (χ3n) is 6.07. The van der Waals surface area contributed by atoms with Gasteiger partial charge in [-0.15, -0.1) is 6.58 Å². The van der Waals surface area contributed by atoms with Crippen LogP contribution in [0.1, 0.15) is 40.3 Å². The van der Waals surface area contributed by atoms with Crippen LogP contribution in [0.2, 0.25) is 0 Å². The molecule has 1 aromatic carbocycles. The molecular formula is C27H33N7O2. The lowest BCUT2D eigenvalue weighted by molar-refractivity contribution is 0.0738. The van der Waals surface area contributed by atoms with Gasteiger partial charge in [0.2, 0.25) is 5.95 Å². The second kappa shape index (κ2) is 9.23. The van der Waals surface area contributed by atoms with Crippen molar-refractivity contribution < 1.29 is 5.11 Å². The third kappa shape index (κ3) is 4.87. The Balaban J connectivity index is 1.77. The van der Waals surface area contributed by atoms with Gasteiger partial charge in [0.1, 0.15) is 11.0 Å². The molecule has 0 aliphatic rings. The molecule has 9 heteroatoms. The van der Waals surface area contributed by atoms with Crippen LogP contribution >= 0.6 is 0 Å². The summed E-state index contributed by atoms with van der Waals surface area (Å²) in [4.78, 5) is 29.0. The topological polar surface area (TPSA) is 101 Å². The van der Waals surface area contributed by atoms with E-state index in [1.807, 2.05) is 24.3 Å². The number of allylic oxidation sites excluding steroid dienone is 1. The zero-order valence-corrected chi connectivity index (χ0v) is 21.6. The first-order chi connectivity index (χ1) is 16.9. The standard InChI is InChI=1S/C27H33N7O2/c1-8-16-33-24(35)20-17-28-25(29-18-12-14-19(15-13-18)32(7)26(2,3)4)31-23(20)34(33)22-11-9-10-21(30-22)27(5,6)36/h8-15,17,36H,1,16H2,2-7H3,(H,28,29,31). The summed E-state index contributed by atoms with van der Waals surface area (Å²) in [6, 6.07) is 13.3. The Morgan fingerprint density at radius 3 is 2.39 bits per heavy atom. The van der Waals surface area contributed by atoms with Gasteiger partial charge in [-0.3, -0.25) is 4.79 Å². The molecule has 3 aromatic heterocycles. The number of pyridine rings is 1. The highest BCUT2D eigenvalue weighted by molar-refractivity contribution is 5.77. The Labute approximate surface area is 210 Å². The fraction of sp³-hybridized carbons (Fsp3) is 0.333. The van der Waals surface area contributed by atoms with E-state index in [9.17, 15) is 9.90 Å². The summed E-state index contributed by atoms with van der Waals surface area (Å²) in [5, 5.41) is 14.1. The molecule has 0 saturated carbocycles. The third-order valence-corrected chi connectivity index (χ3v) is 6.07. The van der Waals surface area contributed by atoms with E-state index < -0.39 is 5.60 Å². The van der Waals surface area contributed by atoms with Crippen molar-refractivity contribution in [2.75, 3.05) is 17.3 Å². The Morgan fingerprint density at radius 2 is 1.78 bits per heavy atom. The molecule has 188 valence electrons. The van der Waals surface area contributed by atoms with Crippen LogP contribution < -0.4 is 15.8 Å². The van der Waals surface area contributed by atoms with Crippen molar-refractivity contribution in [3.8, 4) is 5.82 Å². The first-order valence-corrected chi connectivity index (χ1v) is 11.8. The molecule has 4 rings (SSSR count). The molecule has 9 nitrogen and oxygen atoms in total. The number of hydrogen-bond acceptors (Lipinski definition) is 7. The van der Waals surface area contributed by atoms with Gasteiger partial charge in [-0.25, -0.2) is 19.3 Å². The molecule has 0 aliphatic heterocycles. The quantitative estimate of drug-likeness (QED) is 0.373. The molecule has 0 saturated heterocycles. The number of aliphatic hydroxyl groups is 1. The van der Waals surface area contributed by atoms with Gasteiger partial charge in [-0.05, 0) is 71.0 Å². The largest absolute Gasteiger partial charge is 0.384 e. The van der Waals surface area contributed by atoms with Crippen LogP contribution in [0.3, 0.4) is 0 Å². The molecule has 0 atom stereocenters. The minimum atomic E-state index is -1.14. The Kier molecular flexibility index (Phi) is 6.44. The smallest absolute Gasteiger partial charge is 0.278 e. The highest BCUT2D eigenvalue weighted by Crippen LogP contribution is 2.25. The van der Waals surface area contributed by atoms with E-state index in [1.165, 1.54) is 10.9 Å². The average molecular weight is 488 g/mol. The molecule has 0 unspecified atom stereocenters. The van der Waals surface area contributed by atoms with Crippen LogP contribution in [-0.2, 0) is 12.1 Å². The van der Waals surface area contributed by atoms with Crippen molar-refractivity contribution >= 4 is 28.4 Å². The average Bonchev–Trinajstić information content (AvgIpc) is 3.09. The summed E-state index contributed by atoms with van der Waals surface area (Å²) >= 11 is 0. The molecule has 36 heavy (non-hydrogen) atoms. The summed E-state index contributed by atoms with van der Waals surface area (Å²) in [7, 11) is 2.06. The summed E-state index contributed by atoms with van der Waals surface area (Å²) in [5.41, 5.74) is 1.41. The Morgan fingerprint density at radius 1 is 1.08 bits per heavy atom. The zero-order valence-electron chi connectivity index (χ0n) is 21.6. The van der Waals surface area contributed by atoms with Gasteiger partial charge in [0, 0.05) is 30.2 Å². The van der Waals surface area contributed by atoms with Gasteiger partial charge in [0.25, 0.3) is 5.56 Å². The van der Waals surface area contributed by atoms with E-state index in [4.69, 9.17) is 0 Å². The molecular weight excluding hydrogens is 454 g/mol. The SMILES string of the molecule is C=CCn1c(=O)c2cnc(Nc3ccc(N(C)C(C)(C)C)cc3)nc2n1-c1cccc(C(C)(C)O)n1. The second-order valence-electron chi connectivity index (χ2n) is 10.3. The zero-order chi connectivity index (χ0) is 26.3. The predicted molar refractivity (Wildman–Crippen MR) is 144 cm³/mol. The predicted octanol–water partition coefficient (Wildman–Crippen LogP) is 4.37. The highest BCUT2D eigenvalue weighted by atomic mass is 16.3. The van der Waals surface area contributed by atoms with E-state index in [1.54, 1.807) is 42.8 Å². The number of benzene rings is 1. The molecule has 0 radical (unpaired) electrons. The number of hydrogen-bond donors (Lipinski definition) is 2. The van der Waals surface area contributed by atoms with E-state index in [0.717, 1.165) is 11.4 Å². The molecule has 3 heterocycles. The molecule has 4 aromatic rings. The van der Waals surface area contributed by atoms with Gasteiger partial charge < -0.3 is 15.3 Å². The van der Waals surface area contributed by atoms with Gasteiger partial charge in [0.15, 0.2) is 11.5 Å². The van der Waals surface area contributed by atoms with E-state index in [-0.39, 0.29) is 17.6 Å². The fourth-order valence-corrected chi connectivity index (χ4v) is 3.78. The minimum absolute atomic E-state index is 0.00191. The normalized spacial score (nSPS) is 12.1. The van der Waals surface area contributed by atoms with Crippen LogP contribution in [0.15, 0.2) is 66.1 Å². The molecule has 0 aliphatic carbocycles. The number of nitrogens with one attached hydrogen (secondary N) is 1. The van der Waals surface area contributed by atoms with E-state index >= 15 is 0 Å². The van der Waals surface area contributed by atoms with Gasteiger partial charge >= 0.3 is 0 Å². The van der Waals surface area contributed by atoms with Gasteiger partial charge in [-0.2, -0.15) is 4.98 Å². The second-order valence-corrected chi connectivity index (χ2v) is 10.3. The lowest BCUT2D eigenvalue weighted by Gasteiger charge is -2.34. The number of anilines is 3. The van der Waals surface area contributed by atoms with Crippen LogP contribution in [-0.4, -0.2) is 42.0 Å². The maximum Gasteiger partial charge on any atom is 0.278 e. The van der Waals surface area contributed by atoms with Crippen molar-refractivity contribution in [3.05, 3.63) is 77.4 Å². The van der Waals surface area contributed by atoms with Crippen molar-refractivity contribution in [2.45, 2.75) is 52.3 Å². The van der Waals surface area contributed by atoms with Crippen molar-refractivity contribution in [3.63, 3.8) is 0 Å². The van der Waals surface area contributed by atoms with Crippen LogP contribution in [0.4, 0.5) is 17.3 Å². The molecule has 0 bridgehead atoms. The summed E-state index contributed by atoms with van der Waals surface area (Å²) in [5.74, 6) is 0.811. The number of rotatable bonds is 7. The van der Waals surface area contributed by atoms with Crippen LogP contribution in [0.25, 0.3) is 16.9 Å². The first kappa shape index (κ1) is 25.1. The Hall–Kier alpha value is -3.98. The van der Waals surface area contributed by atoms with Crippen molar-refractivity contribution in [1.29, 1.82) is 0 Å². The maximum absolute atomic E-state index is 13.2. The fourth-order valence-electron chi connectivity index (χ4n) is 3.78. The number of nitrogens with zero attached hydrogens (tertiary/aromatic N) is 6. The number of aromatic nitrogens is 5. The van der Waals surface area contributed by atoms with E-state index in [2.05, 4.69) is 59.6 Å². The number of fused-ring (bicyclic) bond motifs is 1. The summed E-state index contributed by atoms with van der Waals surface area (Å²) < 4.78 is 3.15. The minimum Gasteiger partial charge on any atom is -0.384 e. The van der Waals surface area contributed by atoms with Gasteiger partial charge in [-0.1, -0.05) is 12.1 Å². The molecule has 2 N–H and O–H groups in total. The van der Waals surface area contributed by atoms with Crippen LogP contribution in [0, 0.1) is 0 Å². The summed E-state index contributed by atoms with van der Waals surface area (Å²) in [6.07, 6.45) is 3.16. The lowest BCUT2D eigenvalue weighted by Crippen LogP contribution is -2.37. The molecule has 0 amide bonds. The van der Waals surface area contributed by atoms with Crippen LogP contribution in [0.5, 0.6) is 0 Å². The molecule has 0 spiro atoms.